The van der Waals surface area contributed by atoms with E-state index in [2.05, 4.69) is 22.2 Å². The Kier molecular flexibility index (Phi) is 6.72. The van der Waals surface area contributed by atoms with Crippen molar-refractivity contribution in [3.63, 3.8) is 0 Å². The standard InChI is InChI=1S/C14H28N4O2/c1-16-5-7-18(8-6-16)14(19)13-15-3-2-4-17-9-11-20-12-10-17/h15H,2-13H2,1H3. The van der Waals surface area contributed by atoms with Crippen LogP contribution in [-0.2, 0) is 9.53 Å². The number of carbonyl (C=O) groups is 1. The second-order valence-electron chi connectivity index (χ2n) is 5.67. The molecule has 0 aromatic heterocycles. The molecule has 2 aliphatic heterocycles. The largest absolute Gasteiger partial charge is 0.379 e. The summed E-state index contributed by atoms with van der Waals surface area (Å²) in [5, 5.41) is 3.27. The second kappa shape index (κ2) is 8.56. The Balaban J connectivity index is 1.49. The second-order valence-corrected chi connectivity index (χ2v) is 5.67. The number of piperazine rings is 1. The summed E-state index contributed by atoms with van der Waals surface area (Å²) in [6.45, 7) is 9.99. The highest BCUT2D eigenvalue weighted by molar-refractivity contribution is 5.78. The molecule has 0 saturated carbocycles. The molecule has 0 aromatic carbocycles. The summed E-state index contributed by atoms with van der Waals surface area (Å²) >= 11 is 0. The summed E-state index contributed by atoms with van der Waals surface area (Å²) in [6, 6.07) is 0. The highest BCUT2D eigenvalue weighted by atomic mass is 16.5. The molecule has 1 N–H and O–H groups in total. The third kappa shape index (κ3) is 5.36. The summed E-state index contributed by atoms with van der Waals surface area (Å²) in [6.07, 6.45) is 1.09. The Morgan fingerprint density at radius 2 is 1.80 bits per heavy atom. The number of nitrogens with zero attached hydrogens (tertiary/aromatic N) is 3. The van der Waals surface area contributed by atoms with E-state index < -0.39 is 0 Å². The molecule has 0 unspecified atom stereocenters. The number of amides is 1. The number of morpholine rings is 1. The average molecular weight is 284 g/mol. The van der Waals surface area contributed by atoms with Crippen molar-refractivity contribution in [1.82, 2.24) is 20.0 Å². The van der Waals surface area contributed by atoms with Crippen LogP contribution in [0.25, 0.3) is 0 Å². The van der Waals surface area contributed by atoms with Crippen LogP contribution in [0.3, 0.4) is 0 Å². The fraction of sp³-hybridized carbons (Fsp3) is 0.929. The fourth-order valence-corrected chi connectivity index (χ4v) is 2.62. The third-order valence-corrected chi connectivity index (χ3v) is 4.06. The van der Waals surface area contributed by atoms with Crippen molar-refractivity contribution in [2.75, 3.05) is 79.2 Å². The minimum Gasteiger partial charge on any atom is -0.379 e. The van der Waals surface area contributed by atoms with Gasteiger partial charge in [0, 0.05) is 39.3 Å². The van der Waals surface area contributed by atoms with Crippen molar-refractivity contribution in [2.24, 2.45) is 0 Å². The molecule has 0 atom stereocenters. The first kappa shape index (κ1) is 15.7. The minimum absolute atomic E-state index is 0.240. The topological polar surface area (TPSA) is 48.0 Å². The lowest BCUT2D eigenvalue weighted by Gasteiger charge is -2.32. The molecular weight excluding hydrogens is 256 g/mol. The lowest BCUT2D eigenvalue weighted by atomic mass is 10.3. The van der Waals surface area contributed by atoms with Crippen LogP contribution in [-0.4, -0.2) is 99.8 Å². The fourth-order valence-electron chi connectivity index (χ4n) is 2.62. The van der Waals surface area contributed by atoms with Crippen LogP contribution in [0.1, 0.15) is 6.42 Å². The molecule has 6 heteroatoms. The van der Waals surface area contributed by atoms with Crippen LogP contribution >= 0.6 is 0 Å². The van der Waals surface area contributed by atoms with Crippen molar-refractivity contribution in [1.29, 1.82) is 0 Å². The molecule has 2 fully saturated rings. The van der Waals surface area contributed by atoms with E-state index in [9.17, 15) is 4.79 Å². The van der Waals surface area contributed by atoms with E-state index in [4.69, 9.17) is 4.74 Å². The van der Waals surface area contributed by atoms with E-state index in [1.165, 1.54) is 0 Å². The van der Waals surface area contributed by atoms with Gasteiger partial charge in [-0.3, -0.25) is 9.69 Å². The molecule has 0 aromatic rings. The van der Waals surface area contributed by atoms with Gasteiger partial charge in [-0.15, -0.1) is 0 Å². The van der Waals surface area contributed by atoms with E-state index in [0.717, 1.165) is 72.0 Å². The van der Waals surface area contributed by atoms with Gasteiger partial charge in [-0.05, 0) is 26.6 Å². The Hall–Kier alpha value is -0.690. The maximum Gasteiger partial charge on any atom is 0.236 e. The van der Waals surface area contributed by atoms with Gasteiger partial charge in [-0.1, -0.05) is 0 Å². The predicted octanol–water partition coefficient (Wildman–Crippen LogP) is -0.928. The van der Waals surface area contributed by atoms with Crippen LogP contribution in [0.5, 0.6) is 0 Å². The maximum atomic E-state index is 12.0. The lowest BCUT2D eigenvalue weighted by molar-refractivity contribution is -0.131. The van der Waals surface area contributed by atoms with Gasteiger partial charge >= 0.3 is 0 Å². The van der Waals surface area contributed by atoms with Gasteiger partial charge in [-0.25, -0.2) is 0 Å². The number of nitrogens with one attached hydrogen (secondary N) is 1. The number of rotatable bonds is 6. The van der Waals surface area contributed by atoms with Crippen LogP contribution < -0.4 is 5.32 Å². The molecular formula is C14H28N4O2. The Morgan fingerprint density at radius 3 is 2.50 bits per heavy atom. The molecule has 2 saturated heterocycles. The van der Waals surface area contributed by atoms with Crippen molar-refractivity contribution in [3.8, 4) is 0 Å². The van der Waals surface area contributed by atoms with E-state index >= 15 is 0 Å². The smallest absolute Gasteiger partial charge is 0.236 e. The van der Waals surface area contributed by atoms with Crippen molar-refractivity contribution < 1.29 is 9.53 Å². The van der Waals surface area contributed by atoms with Crippen LogP contribution in [0.2, 0.25) is 0 Å². The number of hydrogen-bond acceptors (Lipinski definition) is 5. The first-order valence-corrected chi connectivity index (χ1v) is 7.73. The number of likely N-dealkylation sites (N-methyl/N-ethyl adjacent to an activating group) is 1. The predicted molar refractivity (Wildman–Crippen MR) is 78.8 cm³/mol. The molecule has 6 nitrogen and oxygen atoms in total. The van der Waals surface area contributed by atoms with Crippen molar-refractivity contribution >= 4 is 5.91 Å². The maximum absolute atomic E-state index is 12.0. The van der Waals surface area contributed by atoms with Gasteiger partial charge in [0.25, 0.3) is 0 Å². The minimum atomic E-state index is 0.240. The van der Waals surface area contributed by atoms with Gasteiger partial charge in [0.2, 0.25) is 5.91 Å². The van der Waals surface area contributed by atoms with Crippen LogP contribution in [0, 0.1) is 0 Å². The molecule has 0 spiro atoms. The zero-order valence-electron chi connectivity index (χ0n) is 12.6. The van der Waals surface area contributed by atoms with Gasteiger partial charge in [0.1, 0.15) is 0 Å². The van der Waals surface area contributed by atoms with Gasteiger partial charge in [0.15, 0.2) is 0 Å². The molecule has 0 bridgehead atoms. The highest BCUT2D eigenvalue weighted by Gasteiger charge is 2.18. The van der Waals surface area contributed by atoms with E-state index in [1.54, 1.807) is 0 Å². The molecule has 2 heterocycles. The Labute approximate surface area is 122 Å². The molecule has 0 radical (unpaired) electrons. The van der Waals surface area contributed by atoms with Crippen molar-refractivity contribution in [3.05, 3.63) is 0 Å². The molecule has 2 aliphatic rings. The average Bonchev–Trinajstić information content (AvgIpc) is 2.48. The van der Waals surface area contributed by atoms with Crippen LogP contribution in [0.15, 0.2) is 0 Å². The first-order valence-electron chi connectivity index (χ1n) is 7.73. The molecule has 116 valence electrons. The summed E-state index contributed by atoms with van der Waals surface area (Å²) in [4.78, 5) is 18.6. The van der Waals surface area contributed by atoms with Gasteiger partial charge in [-0.2, -0.15) is 0 Å². The zero-order valence-corrected chi connectivity index (χ0v) is 12.6. The summed E-state index contributed by atoms with van der Waals surface area (Å²) < 4.78 is 5.32. The third-order valence-electron chi connectivity index (χ3n) is 4.06. The monoisotopic (exact) mass is 284 g/mol. The van der Waals surface area contributed by atoms with E-state index in [-0.39, 0.29) is 5.91 Å². The molecule has 2 rings (SSSR count). The summed E-state index contributed by atoms with van der Waals surface area (Å²) in [5.41, 5.74) is 0. The van der Waals surface area contributed by atoms with Gasteiger partial charge < -0.3 is 19.9 Å². The lowest BCUT2D eigenvalue weighted by Crippen LogP contribution is -2.49. The summed E-state index contributed by atoms with van der Waals surface area (Å²) in [7, 11) is 2.10. The van der Waals surface area contributed by atoms with Gasteiger partial charge in [0.05, 0.1) is 19.8 Å². The zero-order chi connectivity index (χ0) is 14.2. The Morgan fingerprint density at radius 1 is 1.10 bits per heavy atom. The Bertz CT molecular complexity index is 287. The normalized spacial score (nSPS) is 22.1. The van der Waals surface area contributed by atoms with E-state index in [0.29, 0.717) is 6.54 Å². The molecule has 0 aliphatic carbocycles. The first-order chi connectivity index (χ1) is 9.75. The molecule has 1 amide bonds. The number of hydrogen-bond donors (Lipinski definition) is 1. The van der Waals surface area contributed by atoms with Crippen LogP contribution in [0.4, 0.5) is 0 Å². The molecule has 20 heavy (non-hydrogen) atoms. The highest BCUT2D eigenvalue weighted by Crippen LogP contribution is 1.99. The van der Waals surface area contributed by atoms with Crippen molar-refractivity contribution in [2.45, 2.75) is 6.42 Å². The SMILES string of the molecule is CN1CCN(C(=O)CNCCCN2CCOCC2)CC1. The summed E-state index contributed by atoms with van der Waals surface area (Å²) in [5.74, 6) is 0.240. The number of carbonyl (C=O) groups excluding carboxylic acids is 1. The van der Waals surface area contributed by atoms with E-state index in [1.807, 2.05) is 4.90 Å². The quantitative estimate of drug-likeness (QED) is 0.639. The number of ether oxygens (including phenoxy) is 1.